The van der Waals surface area contributed by atoms with Gasteiger partial charge in [-0.1, -0.05) is 49.0 Å². The van der Waals surface area contributed by atoms with Crippen molar-refractivity contribution in [2.75, 3.05) is 0 Å². The molecule has 0 aromatic heterocycles. The van der Waals surface area contributed by atoms with Crippen LogP contribution in [0.1, 0.15) is 57.7 Å². The molecule has 1 unspecified atom stereocenters. The number of carbonyl (C=O) groups is 2. The van der Waals surface area contributed by atoms with Gasteiger partial charge < -0.3 is 15.7 Å². The van der Waals surface area contributed by atoms with E-state index >= 15 is 0 Å². The topological polar surface area (TPSA) is 116 Å². The van der Waals surface area contributed by atoms with Crippen molar-refractivity contribution in [2.45, 2.75) is 75.0 Å². The zero-order valence-corrected chi connectivity index (χ0v) is 22.0. The second-order valence-electron chi connectivity index (χ2n) is 10.5. The summed E-state index contributed by atoms with van der Waals surface area (Å²) < 4.78 is 29.3. The first-order valence-electron chi connectivity index (χ1n) is 11.9. The molecule has 2 amide bonds. The molecule has 1 aliphatic heterocycles. The fraction of sp³-hybridized carbons (Fsp3) is 0.407. The lowest BCUT2D eigenvalue weighted by molar-refractivity contribution is -0.118. The molecule has 2 aromatic carbocycles. The van der Waals surface area contributed by atoms with Crippen molar-refractivity contribution in [1.29, 1.82) is 0 Å². The number of hydrogen-bond acceptors (Lipinski definition) is 4. The molecule has 0 radical (unpaired) electrons. The fourth-order valence-corrected chi connectivity index (χ4v) is 7.65. The zero-order chi connectivity index (χ0) is 26.7. The van der Waals surface area contributed by atoms with Gasteiger partial charge in [0.2, 0.25) is 15.9 Å². The molecule has 0 aliphatic carbocycles. The molecule has 9 heteroatoms. The molecule has 0 bridgehead atoms. The highest BCUT2D eigenvalue weighted by molar-refractivity contribution is 7.89. The van der Waals surface area contributed by atoms with Crippen LogP contribution in [-0.2, 0) is 21.2 Å². The number of amides is 2. The van der Waals surface area contributed by atoms with Crippen LogP contribution in [0.3, 0.4) is 0 Å². The Labute approximate surface area is 213 Å². The Morgan fingerprint density at radius 1 is 1.06 bits per heavy atom. The quantitative estimate of drug-likeness (QED) is 0.457. The number of nitrogens with zero attached hydrogens (tertiary/aromatic N) is 1. The molecule has 2 aromatic rings. The van der Waals surface area contributed by atoms with Gasteiger partial charge in [-0.15, -0.1) is 0 Å². The first-order chi connectivity index (χ1) is 16.8. The highest BCUT2D eigenvalue weighted by Gasteiger charge is 2.51. The van der Waals surface area contributed by atoms with Gasteiger partial charge in [0.05, 0.1) is 10.9 Å². The second kappa shape index (κ2) is 10.4. The maximum absolute atomic E-state index is 13.9. The number of nitrogens with one attached hydrogen (secondary N) is 2. The van der Waals surface area contributed by atoms with E-state index in [-0.39, 0.29) is 16.8 Å². The predicted molar refractivity (Wildman–Crippen MR) is 139 cm³/mol. The Hall–Kier alpha value is -3.17. The van der Waals surface area contributed by atoms with E-state index in [0.29, 0.717) is 24.8 Å². The summed E-state index contributed by atoms with van der Waals surface area (Å²) in [6, 6.07) is 15.2. The molecule has 0 spiro atoms. The molecule has 0 saturated carbocycles. The van der Waals surface area contributed by atoms with Crippen molar-refractivity contribution in [3.63, 3.8) is 0 Å². The van der Waals surface area contributed by atoms with E-state index in [1.54, 1.807) is 12.1 Å². The molecule has 1 aliphatic rings. The summed E-state index contributed by atoms with van der Waals surface area (Å²) in [6.07, 6.45) is 1.41. The lowest BCUT2D eigenvalue weighted by Gasteiger charge is -2.53. The number of rotatable bonds is 8. The van der Waals surface area contributed by atoms with Crippen LogP contribution < -0.4 is 10.6 Å². The molecule has 1 fully saturated rings. The van der Waals surface area contributed by atoms with E-state index in [2.05, 4.69) is 17.2 Å². The number of carboxylic acid groups (broad SMARTS) is 1. The van der Waals surface area contributed by atoms with Crippen LogP contribution in [-0.4, -0.2) is 46.9 Å². The van der Waals surface area contributed by atoms with Gasteiger partial charge in [0.15, 0.2) is 0 Å². The Morgan fingerprint density at radius 3 is 2.11 bits per heavy atom. The summed E-state index contributed by atoms with van der Waals surface area (Å²) in [5.41, 5.74) is 0.102. The van der Waals surface area contributed by atoms with Crippen LogP contribution in [0.5, 0.6) is 0 Å². The van der Waals surface area contributed by atoms with E-state index < -0.39 is 33.2 Å². The van der Waals surface area contributed by atoms with Crippen molar-refractivity contribution < 1.29 is 23.1 Å². The minimum atomic E-state index is -3.90. The smallest absolute Gasteiger partial charge is 0.405 e. The molecule has 3 N–H and O–H groups in total. The standard InChI is InChI=1S/C27H35N3O5S/c1-6-24(31)28-21-17-26(2,3)30(27(4,5)18-21)36(34,35)22-14-12-20(13-15-22)23(29-25(32)33)16-19-10-8-7-9-11-19/h6-15,21,23,29H,1,16-18H2,2-5H3,(H,28,31)(H,32,33). The van der Waals surface area contributed by atoms with Gasteiger partial charge >= 0.3 is 6.09 Å². The van der Waals surface area contributed by atoms with Crippen molar-refractivity contribution in [3.05, 3.63) is 78.4 Å². The van der Waals surface area contributed by atoms with Gasteiger partial charge in [-0.2, -0.15) is 4.31 Å². The van der Waals surface area contributed by atoms with Crippen LogP contribution in [0.15, 0.2) is 72.1 Å². The number of carbonyl (C=O) groups excluding carboxylic acids is 1. The number of hydrogen-bond donors (Lipinski definition) is 3. The minimum Gasteiger partial charge on any atom is -0.465 e. The molecule has 3 rings (SSSR count). The van der Waals surface area contributed by atoms with Gasteiger partial charge in [0.1, 0.15) is 0 Å². The second-order valence-corrected chi connectivity index (χ2v) is 12.3. The van der Waals surface area contributed by atoms with Crippen molar-refractivity contribution in [2.24, 2.45) is 0 Å². The summed E-state index contributed by atoms with van der Waals surface area (Å²) in [7, 11) is -3.90. The summed E-state index contributed by atoms with van der Waals surface area (Å²) >= 11 is 0. The first-order valence-corrected chi connectivity index (χ1v) is 13.3. The van der Waals surface area contributed by atoms with E-state index in [0.717, 1.165) is 5.56 Å². The summed E-state index contributed by atoms with van der Waals surface area (Å²) in [5.74, 6) is -0.279. The number of benzene rings is 2. The third-order valence-electron chi connectivity index (χ3n) is 6.52. The van der Waals surface area contributed by atoms with Gasteiger partial charge in [0.25, 0.3) is 0 Å². The van der Waals surface area contributed by atoms with Crippen LogP contribution in [0, 0.1) is 0 Å². The Bertz CT molecular complexity index is 1190. The number of piperidine rings is 1. The normalized spacial score (nSPS) is 18.7. The SMILES string of the molecule is C=CC(=O)NC1CC(C)(C)N(S(=O)(=O)c2ccc(C(Cc3ccccc3)NC(=O)O)cc2)C(C)(C)C1. The van der Waals surface area contributed by atoms with Gasteiger partial charge in [-0.25, -0.2) is 13.2 Å². The van der Waals surface area contributed by atoms with Crippen LogP contribution in [0.25, 0.3) is 0 Å². The Balaban J connectivity index is 1.89. The van der Waals surface area contributed by atoms with Crippen LogP contribution in [0.4, 0.5) is 4.79 Å². The van der Waals surface area contributed by atoms with E-state index in [9.17, 15) is 23.1 Å². The molecule has 36 heavy (non-hydrogen) atoms. The summed E-state index contributed by atoms with van der Waals surface area (Å²) in [4.78, 5) is 23.4. The zero-order valence-electron chi connectivity index (χ0n) is 21.2. The molecular formula is C27H35N3O5S. The maximum atomic E-state index is 13.9. The van der Waals surface area contributed by atoms with Crippen molar-refractivity contribution >= 4 is 22.0 Å². The van der Waals surface area contributed by atoms with E-state index in [1.165, 1.54) is 22.5 Å². The Kier molecular flexibility index (Phi) is 7.95. The Morgan fingerprint density at radius 2 is 1.61 bits per heavy atom. The maximum Gasteiger partial charge on any atom is 0.405 e. The fourth-order valence-electron chi connectivity index (χ4n) is 5.50. The van der Waals surface area contributed by atoms with Gasteiger partial charge in [-0.3, -0.25) is 4.79 Å². The molecule has 8 nitrogen and oxygen atoms in total. The van der Waals surface area contributed by atoms with Crippen molar-refractivity contribution in [1.82, 2.24) is 14.9 Å². The molecule has 1 atom stereocenters. The molecular weight excluding hydrogens is 478 g/mol. The summed E-state index contributed by atoms with van der Waals surface area (Å²) in [5, 5.41) is 14.8. The third-order valence-corrected chi connectivity index (χ3v) is 8.86. The summed E-state index contributed by atoms with van der Waals surface area (Å²) in [6.45, 7) is 10.9. The minimum absolute atomic E-state index is 0.134. The van der Waals surface area contributed by atoms with E-state index in [1.807, 2.05) is 58.0 Å². The van der Waals surface area contributed by atoms with Crippen LogP contribution >= 0.6 is 0 Å². The van der Waals surface area contributed by atoms with Gasteiger partial charge in [-0.05, 0) is 76.3 Å². The predicted octanol–water partition coefficient (Wildman–Crippen LogP) is 4.25. The molecule has 194 valence electrons. The average Bonchev–Trinajstić information content (AvgIpc) is 2.77. The van der Waals surface area contributed by atoms with Crippen LogP contribution in [0.2, 0.25) is 0 Å². The molecule has 1 saturated heterocycles. The monoisotopic (exact) mass is 513 g/mol. The number of sulfonamides is 1. The van der Waals surface area contributed by atoms with Gasteiger partial charge in [0, 0.05) is 17.1 Å². The lowest BCUT2D eigenvalue weighted by atomic mass is 9.79. The third kappa shape index (κ3) is 6.14. The van der Waals surface area contributed by atoms with Crippen molar-refractivity contribution in [3.8, 4) is 0 Å². The largest absolute Gasteiger partial charge is 0.465 e. The highest BCUT2D eigenvalue weighted by Crippen LogP contribution is 2.42. The van der Waals surface area contributed by atoms with E-state index in [4.69, 9.17) is 0 Å². The first kappa shape index (κ1) is 27.4. The lowest BCUT2D eigenvalue weighted by Crippen LogP contribution is -2.65. The highest BCUT2D eigenvalue weighted by atomic mass is 32.2. The average molecular weight is 514 g/mol. The molecule has 1 heterocycles.